The van der Waals surface area contributed by atoms with Gasteiger partial charge in [-0.1, -0.05) is 29.8 Å². The lowest BCUT2D eigenvalue weighted by atomic mass is 10.1. The van der Waals surface area contributed by atoms with E-state index in [1.165, 1.54) is 0 Å². The third-order valence-corrected chi connectivity index (χ3v) is 3.48. The van der Waals surface area contributed by atoms with Gasteiger partial charge in [0.25, 0.3) is 5.91 Å². The maximum absolute atomic E-state index is 11.9. The van der Waals surface area contributed by atoms with Crippen LogP contribution in [-0.4, -0.2) is 37.4 Å². The molecule has 2 rings (SSSR count). The summed E-state index contributed by atoms with van der Waals surface area (Å²) in [7, 11) is 3.45. The molecule has 0 saturated heterocycles. The highest BCUT2D eigenvalue weighted by atomic mass is 16.5. The van der Waals surface area contributed by atoms with Crippen molar-refractivity contribution >= 4 is 17.5 Å². The van der Waals surface area contributed by atoms with E-state index in [4.69, 9.17) is 4.74 Å². The Bertz CT molecular complexity index is 692. The number of nitrogens with one attached hydrogen (secondary N) is 1. The molecule has 0 heterocycles. The molecule has 5 nitrogen and oxygen atoms in total. The molecule has 0 saturated carbocycles. The van der Waals surface area contributed by atoms with Crippen molar-refractivity contribution in [3.63, 3.8) is 0 Å². The van der Waals surface area contributed by atoms with Gasteiger partial charge < -0.3 is 15.0 Å². The van der Waals surface area contributed by atoms with Gasteiger partial charge in [-0.3, -0.25) is 9.59 Å². The molecular formula is C19H22N2O3. The van der Waals surface area contributed by atoms with E-state index in [2.05, 4.69) is 5.32 Å². The summed E-state index contributed by atoms with van der Waals surface area (Å²) >= 11 is 0. The van der Waals surface area contributed by atoms with Crippen LogP contribution in [0.5, 0.6) is 5.75 Å². The van der Waals surface area contributed by atoms with E-state index in [-0.39, 0.29) is 18.4 Å². The summed E-state index contributed by atoms with van der Waals surface area (Å²) < 4.78 is 5.44. The Morgan fingerprint density at radius 2 is 1.62 bits per heavy atom. The molecule has 0 atom stereocenters. The maximum atomic E-state index is 11.9. The van der Waals surface area contributed by atoms with Gasteiger partial charge in [0.1, 0.15) is 5.75 Å². The van der Waals surface area contributed by atoms with Crippen molar-refractivity contribution in [3.05, 3.63) is 59.7 Å². The van der Waals surface area contributed by atoms with Crippen molar-refractivity contribution in [1.29, 1.82) is 0 Å². The second-order valence-corrected chi connectivity index (χ2v) is 5.81. The van der Waals surface area contributed by atoms with Gasteiger partial charge in [0.2, 0.25) is 5.91 Å². The minimum Gasteiger partial charge on any atom is -0.484 e. The highest BCUT2D eigenvalue weighted by molar-refractivity contribution is 5.92. The number of benzene rings is 2. The molecular weight excluding hydrogens is 304 g/mol. The first-order valence-electron chi connectivity index (χ1n) is 7.72. The summed E-state index contributed by atoms with van der Waals surface area (Å²) in [6.45, 7) is 1.94. The van der Waals surface area contributed by atoms with Gasteiger partial charge in [-0.2, -0.15) is 0 Å². The molecule has 0 aliphatic heterocycles. The van der Waals surface area contributed by atoms with E-state index in [9.17, 15) is 9.59 Å². The van der Waals surface area contributed by atoms with Crippen LogP contribution in [0.15, 0.2) is 48.5 Å². The van der Waals surface area contributed by atoms with Crippen LogP contribution in [0, 0.1) is 6.92 Å². The van der Waals surface area contributed by atoms with Gasteiger partial charge in [-0.15, -0.1) is 0 Å². The molecule has 2 amide bonds. The van der Waals surface area contributed by atoms with E-state index in [0.29, 0.717) is 17.9 Å². The molecule has 1 N–H and O–H groups in total. The molecule has 0 unspecified atom stereocenters. The molecule has 126 valence electrons. The number of rotatable bonds is 6. The number of hydrogen-bond donors (Lipinski definition) is 1. The summed E-state index contributed by atoms with van der Waals surface area (Å²) in [6, 6.07) is 14.8. The molecule has 0 fully saturated rings. The van der Waals surface area contributed by atoms with Crippen molar-refractivity contribution in [2.24, 2.45) is 0 Å². The third-order valence-electron chi connectivity index (χ3n) is 3.48. The number of hydrogen-bond acceptors (Lipinski definition) is 3. The second kappa shape index (κ2) is 8.15. The van der Waals surface area contributed by atoms with Crippen molar-refractivity contribution in [2.75, 3.05) is 26.0 Å². The highest BCUT2D eigenvalue weighted by Gasteiger charge is 2.07. The molecule has 24 heavy (non-hydrogen) atoms. The van der Waals surface area contributed by atoms with E-state index in [0.717, 1.165) is 11.1 Å². The number of amides is 2. The van der Waals surface area contributed by atoms with Gasteiger partial charge >= 0.3 is 0 Å². The number of nitrogens with zero attached hydrogens (tertiary/aromatic N) is 1. The lowest BCUT2D eigenvalue weighted by Gasteiger charge is -2.11. The zero-order valence-corrected chi connectivity index (χ0v) is 14.2. The Morgan fingerprint density at radius 3 is 2.21 bits per heavy atom. The van der Waals surface area contributed by atoms with Crippen LogP contribution in [0.1, 0.15) is 11.1 Å². The van der Waals surface area contributed by atoms with Crippen LogP contribution in [0.3, 0.4) is 0 Å². The van der Waals surface area contributed by atoms with Crippen LogP contribution >= 0.6 is 0 Å². The predicted molar refractivity (Wildman–Crippen MR) is 94.1 cm³/mol. The van der Waals surface area contributed by atoms with Gasteiger partial charge in [0.15, 0.2) is 6.61 Å². The minimum atomic E-state index is -0.229. The Hall–Kier alpha value is -2.82. The molecule has 0 radical (unpaired) electrons. The van der Waals surface area contributed by atoms with Crippen molar-refractivity contribution in [1.82, 2.24) is 4.90 Å². The number of carbonyl (C=O) groups excluding carboxylic acids is 2. The van der Waals surface area contributed by atoms with Crippen LogP contribution < -0.4 is 10.1 Å². The first-order chi connectivity index (χ1) is 11.4. The fourth-order valence-electron chi connectivity index (χ4n) is 2.02. The van der Waals surface area contributed by atoms with Crippen LogP contribution in [0.2, 0.25) is 0 Å². The number of ether oxygens (including phenoxy) is 1. The smallest absolute Gasteiger partial charge is 0.262 e. The lowest BCUT2D eigenvalue weighted by molar-refractivity contribution is -0.128. The monoisotopic (exact) mass is 326 g/mol. The Labute approximate surface area is 142 Å². The molecule has 2 aromatic rings. The quantitative estimate of drug-likeness (QED) is 0.888. The summed E-state index contributed by atoms with van der Waals surface area (Å²) in [5.74, 6) is 0.472. The van der Waals surface area contributed by atoms with Crippen molar-refractivity contribution in [3.8, 4) is 5.75 Å². The number of carbonyl (C=O) groups is 2. The molecule has 0 aromatic heterocycles. The highest BCUT2D eigenvalue weighted by Crippen LogP contribution is 2.13. The number of aryl methyl sites for hydroxylation is 1. The fraction of sp³-hybridized carbons (Fsp3) is 0.263. The van der Waals surface area contributed by atoms with E-state index >= 15 is 0 Å². The average molecular weight is 326 g/mol. The van der Waals surface area contributed by atoms with Gasteiger partial charge in [0, 0.05) is 19.8 Å². The van der Waals surface area contributed by atoms with Gasteiger partial charge in [-0.05, 0) is 36.8 Å². The summed E-state index contributed by atoms with van der Waals surface area (Å²) in [4.78, 5) is 25.1. The average Bonchev–Trinajstić information content (AvgIpc) is 2.56. The van der Waals surface area contributed by atoms with E-state index in [1.807, 2.05) is 43.3 Å². The maximum Gasteiger partial charge on any atom is 0.262 e. The summed E-state index contributed by atoms with van der Waals surface area (Å²) in [5, 5.41) is 2.77. The fourth-order valence-corrected chi connectivity index (χ4v) is 2.02. The van der Waals surface area contributed by atoms with Crippen molar-refractivity contribution < 1.29 is 14.3 Å². The molecule has 2 aromatic carbocycles. The summed E-state index contributed by atoms with van der Waals surface area (Å²) in [5.41, 5.74) is 2.72. The van der Waals surface area contributed by atoms with E-state index < -0.39 is 0 Å². The predicted octanol–water partition coefficient (Wildman–Crippen LogP) is 2.64. The van der Waals surface area contributed by atoms with Gasteiger partial charge in [-0.25, -0.2) is 0 Å². The Balaban J connectivity index is 1.83. The zero-order valence-electron chi connectivity index (χ0n) is 14.2. The molecule has 0 aliphatic carbocycles. The minimum absolute atomic E-state index is 0.0401. The van der Waals surface area contributed by atoms with Crippen LogP contribution in [0.25, 0.3) is 0 Å². The molecule has 0 aliphatic rings. The first-order valence-corrected chi connectivity index (χ1v) is 7.72. The second-order valence-electron chi connectivity index (χ2n) is 5.81. The topological polar surface area (TPSA) is 58.6 Å². The van der Waals surface area contributed by atoms with E-state index in [1.54, 1.807) is 31.1 Å². The first kappa shape index (κ1) is 17.5. The van der Waals surface area contributed by atoms with Crippen LogP contribution in [0.4, 0.5) is 5.69 Å². The number of anilines is 1. The third kappa shape index (κ3) is 5.43. The summed E-state index contributed by atoms with van der Waals surface area (Å²) in [6.07, 6.45) is 0.345. The molecule has 0 spiro atoms. The zero-order chi connectivity index (χ0) is 17.5. The van der Waals surface area contributed by atoms with Crippen LogP contribution in [-0.2, 0) is 16.0 Å². The normalized spacial score (nSPS) is 10.1. The lowest BCUT2D eigenvalue weighted by Crippen LogP contribution is -2.23. The standard InChI is InChI=1S/C19H22N2O3/c1-14-4-10-17(11-5-14)24-13-18(22)20-16-8-6-15(7-9-16)12-19(23)21(2)3/h4-11H,12-13H2,1-3H3,(H,20,22). The van der Waals surface area contributed by atoms with Crippen molar-refractivity contribution in [2.45, 2.75) is 13.3 Å². The molecule has 5 heteroatoms. The SMILES string of the molecule is Cc1ccc(OCC(=O)Nc2ccc(CC(=O)N(C)C)cc2)cc1. The largest absolute Gasteiger partial charge is 0.484 e. The Morgan fingerprint density at radius 1 is 1.00 bits per heavy atom. The van der Waals surface area contributed by atoms with Gasteiger partial charge in [0.05, 0.1) is 6.42 Å². The number of likely N-dealkylation sites (N-methyl/N-ethyl adjacent to an activating group) is 1. The Kier molecular flexibility index (Phi) is 5.95. The molecule has 0 bridgehead atoms.